The van der Waals surface area contributed by atoms with Crippen molar-refractivity contribution in [3.63, 3.8) is 0 Å². The molecule has 0 aliphatic rings. The van der Waals surface area contributed by atoms with E-state index < -0.39 is 0 Å². The van der Waals surface area contributed by atoms with Crippen molar-refractivity contribution in [2.45, 2.75) is 27.2 Å². The molecule has 2 radical (unpaired) electrons. The molecule has 92 valence electrons. The van der Waals surface area contributed by atoms with Gasteiger partial charge in [-0.2, -0.15) is 0 Å². The van der Waals surface area contributed by atoms with Gasteiger partial charge in [0.05, 0.1) is 14.2 Å². The van der Waals surface area contributed by atoms with Crippen LogP contribution in [0.15, 0.2) is 17.7 Å². The molecule has 17 heavy (non-hydrogen) atoms. The van der Waals surface area contributed by atoms with Gasteiger partial charge in [0.2, 0.25) is 0 Å². The van der Waals surface area contributed by atoms with Gasteiger partial charge < -0.3 is 9.47 Å². The fourth-order valence-electron chi connectivity index (χ4n) is 1.95. The van der Waals surface area contributed by atoms with Crippen molar-refractivity contribution in [3.8, 4) is 11.5 Å². The van der Waals surface area contributed by atoms with Crippen LogP contribution in [0.1, 0.15) is 23.6 Å². The topological polar surface area (TPSA) is 18.5 Å². The molecule has 2 nitrogen and oxygen atoms in total. The molecule has 1 aromatic carbocycles. The minimum atomic E-state index is 0.778. The average molecular weight is 232 g/mol. The van der Waals surface area contributed by atoms with Crippen LogP contribution < -0.4 is 9.47 Å². The van der Waals surface area contributed by atoms with Crippen molar-refractivity contribution in [1.82, 2.24) is 0 Å². The molecular weight excluding hydrogens is 212 g/mol. The van der Waals surface area contributed by atoms with Gasteiger partial charge in [-0.15, -0.1) is 0 Å². The molecule has 0 aromatic heterocycles. The summed E-state index contributed by atoms with van der Waals surface area (Å²) in [6.07, 6.45) is 2.83. The zero-order chi connectivity index (χ0) is 13.0. The lowest BCUT2D eigenvalue weighted by Gasteiger charge is -2.16. The largest absolute Gasteiger partial charge is 0.493 e. The molecule has 0 saturated heterocycles. The molecule has 0 heterocycles. The first-order valence-corrected chi connectivity index (χ1v) is 5.64. The Morgan fingerprint density at radius 3 is 2.41 bits per heavy atom. The molecule has 0 spiro atoms. The van der Waals surface area contributed by atoms with Gasteiger partial charge in [0, 0.05) is 0 Å². The van der Waals surface area contributed by atoms with Gasteiger partial charge in [0.25, 0.3) is 0 Å². The van der Waals surface area contributed by atoms with Crippen LogP contribution in [0, 0.1) is 20.8 Å². The van der Waals surface area contributed by atoms with E-state index in [9.17, 15) is 0 Å². The Hall–Kier alpha value is -1.44. The molecule has 0 N–H and O–H groups in total. The maximum atomic E-state index is 5.67. The summed E-state index contributed by atoms with van der Waals surface area (Å²) < 4.78 is 10.7. The molecule has 0 unspecified atom stereocenters. The van der Waals surface area contributed by atoms with Gasteiger partial charge >= 0.3 is 0 Å². The van der Waals surface area contributed by atoms with Crippen molar-refractivity contribution in [1.29, 1.82) is 0 Å². The Morgan fingerprint density at radius 1 is 1.29 bits per heavy atom. The van der Waals surface area contributed by atoms with E-state index in [-0.39, 0.29) is 0 Å². The highest BCUT2D eigenvalue weighted by molar-refractivity contribution is 5.54. The van der Waals surface area contributed by atoms with Crippen LogP contribution in [-0.2, 0) is 6.42 Å². The van der Waals surface area contributed by atoms with Crippen molar-refractivity contribution in [2.24, 2.45) is 0 Å². The summed E-state index contributed by atoms with van der Waals surface area (Å²) in [5.41, 5.74) is 4.38. The maximum absolute atomic E-state index is 5.67. The van der Waals surface area contributed by atoms with Crippen LogP contribution in [-0.4, -0.2) is 14.2 Å². The lowest BCUT2D eigenvalue weighted by atomic mass is 9.97. The predicted molar refractivity (Wildman–Crippen MR) is 70.8 cm³/mol. The maximum Gasteiger partial charge on any atom is 0.163 e. The molecule has 0 aliphatic heterocycles. The number of allylic oxidation sites excluding steroid dienone is 2. The normalized spacial score (nSPS) is 11.5. The fraction of sp³-hybridized carbons (Fsp3) is 0.400. The standard InChI is InChI=1S/C15H20O2/c1-10(2)7-8-13-11(3)9-14(16-5)15(17-6)12(13)4/h1,7,9H,8H2,2-6H3/b10-7-. The molecule has 0 fully saturated rings. The number of hydrogen-bond donors (Lipinski definition) is 0. The van der Waals surface area contributed by atoms with E-state index in [2.05, 4.69) is 6.92 Å². The zero-order valence-corrected chi connectivity index (χ0v) is 11.3. The molecule has 2 heteroatoms. The van der Waals surface area contributed by atoms with Crippen LogP contribution in [0.25, 0.3) is 0 Å². The zero-order valence-electron chi connectivity index (χ0n) is 11.3. The van der Waals surface area contributed by atoms with Crippen LogP contribution in [0.4, 0.5) is 0 Å². The molecule has 1 aromatic rings. The summed E-state index contributed by atoms with van der Waals surface area (Å²) in [4.78, 5) is 0. The second kappa shape index (κ2) is 5.76. The summed E-state index contributed by atoms with van der Waals surface area (Å²) in [5, 5.41) is 0. The van der Waals surface area contributed by atoms with Crippen molar-refractivity contribution < 1.29 is 9.47 Å². The molecule has 1 rings (SSSR count). The van der Waals surface area contributed by atoms with Gasteiger partial charge in [0.1, 0.15) is 0 Å². The smallest absolute Gasteiger partial charge is 0.163 e. The molecule has 0 aliphatic carbocycles. The summed E-state index contributed by atoms with van der Waals surface area (Å²) >= 11 is 0. The Labute approximate surface area is 104 Å². The lowest BCUT2D eigenvalue weighted by Crippen LogP contribution is -2.00. The first kappa shape index (κ1) is 13.6. The van der Waals surface area contributed by atoms with Crippen LogP contribution >= 0.6 is 0 Å². The third kappa shape index (κ3) is 3.02. The highest BCUT2D eigenvalue weighted by atomic mass is 16.5. The molecule has 0 saturated carbocycles. The Kier molecular flexibility index (Phi) is 4.62. The summed E-state index contributed by atoms with van der Waals surface area (Å²) in [6.45, 7) is 11.7. The van der Waals surface area contributed by atoms with E-state index in [1.807, 2.05) is 26.0 Å². The van der Waals surface area contributed by atoms with Gasteiger partial charge in [-0.05, 0) is 56.9 Å². The average Bonchev–Trinajstić information content (AvgIpc) is 2.27. The summed E-state index contributed by atoms with van der Waals surface area (Å²) in [6, 6.07) is 2.00. The lowest BCUT2D eigenvalue weighted by molar-refractivity contribution is 0.352. The Bertz CT molecular complexity index is 427. The Balaban J connectivity index is 3.26. The van der Waals surface area contributed by atoms with Crippen molar-refractivity contribution in [2.75, 3.05) is 14.2 Å². The number of ether oxygens (including phenoxy) is 2. The van der Waals surface area contributed by atoms with E-state index in [0.29, 0.717) is 0 Å². The third-order valence-corrected chi connectivity index (χ3v) is 2.89. The first-order chi connectivity index (χ1) is 8.01. The van der Waals surface area contributed by atoms with E-state index in [1.54, 1.807) is 14.2 Å². The number of aryl methyl sites for hydroxylation is 1. The summed E-state index contributed by atoms with van der Waals surface area (Å²) in [7, 11) is 3.31. The fourth-order valence-corrected chi connectivity index (χ4v) is 1.95. The second-order valence-electron chi connectivity index (χ2n) is 4.18. The predicted octanol–water partition coefficient (Wildman–Crippen LogP) is 3.52. The van der Waals surface area contributed by atoms with Crippen LogP contribution in [0.3, 0.4) is 0 Å². The van der Waals surface area contributed by atoms with Crippen LogP contribution in [0.2, 0.25) is 0 Å². The highest BCUT2D eigenvalue weighted by Gasteiger charge is 2.13. The van der Waals surface area contributed by atoms with Gasteiger partial charge in [-0.3, -0.25) is 0 Å². The minimum Gasteiger partial charge on any atom is -0.493 e. The molecular formula is C15H20O2. The first-order valence-electron chi connectivity index (χ1n) is 5.64. The minimum absolute atomic E-state index is 0.778. The SMILES string of the molecule is [CH]/C(C)=C/Cc1c(C)cc(OC)c(OC)c1C. The second-order valence-corrected chi connectivity index (χ2v) is 4.18. The van der Waals surface area contributed by atoms with Gasteiger partial charge in [-0.25, -0.2) is 0 Å². The van der Waals surface area contributed by atoms with Crippen LogP contribution in [0.5, 0.6) is 11.5 Å². The molecule has 0 amide bonds. The third-order valence-electron chi connectivity index (χ3n) is 2.89. The number of rotatable bonds is 4. The number of methoxy groups -OCH3 is 2. The molecule has 0 bridgehead atoms. The van der Waals surface area contributed by atoms with Gasteiger partial charge in [-0.1, -0.05) is 11.6 Å². The Morgan fingerprint density at radius 2 is 1.94 bits per heavy atom. The van der Waals surface area contributed by atoms with Gasteiger partial charge in [0.15, 0.2) is 11.5 Å². The van der Waals surface area contributed by atoms with E-state index in [0.717, 1.165) is 29.1 Å². The summed E-state index contributed by atoms with van der Waals surface area (Å²) in [5.74, 6) is 1.58. The monoisotopic (exact) mass is 232 g/mol. The van der Waals surface area contributed by atoms with E-state index in [4.69, 9.17) is 16.4 Å². The van der Waals surface area contributed by atoms with Crippen molar-refractivity contribution in [3.05, 3.63) is 41.3 Å². The van der Waals surface area contributed by atoms with E-state index >= 15 is 0 Å². The number of benzene rings is 1. The number of hydrogen-bond acceptors (Lipinski definition) is 2. The quantitative estimate of drug-likeness (QED) is 0.790. The highest BCUT2D eigenvalue weighted by Crippen LogP contribution is 2.35. The van der Waals surface area contributed by atoms with E-state index in [1.165, 1.54) is 11.1 Å². The molecule has 0 atom stereocenters. The van der Waals surface area contributed by atoms with Crippen molar-refractivity contribution >= 4 is 0 Å².